The van der Waals surface area contributed by atoms with Crippen LogP contribution in [0.3, 0.4) is 0 Å². The number of hydrogen-bond donors (Lipinski definition) is 1. The second-order valence-electron chi connectivity index (χ2n) is 6.64. The molecule has 2 atom stereocenters. The molecule has 0 unspecified atom stereocenters. The molecule has 7 nitrogen and oxygen atoms in total. The SMILES string of the molecule is COc1ccc(-c2nc(C)c(C(=O)N3C[C@@H](C)[C@H](C(=O)O)C3)s2)cc1OC. The number of aromatic nitrogens is 1. The monoisotopic (exact) mass is 390 g/mol. The molecule has 2 aromatic rings. The molecule has 0 spiro atoms. The van der Waals surface area contributed by atoms with Crippen molar-refractivity contribution in [3.05, 3.63) is 28.8 Å². The number of aliphatic carboxylic acids is 1. The Balaban J connectivity index is 1.87. The summed E-state index contributed by atoms with van der Waals surface area (Å²) in [4.78, 5) is 30.9. The molecule has 0 bridgehead atoms. The minimum absolute atomic E-state index is 0.0648. The summed E-state index contributed by atoms with van der Waals surface area (Å²) >= 11 is 1.30. The maximum absolute atomic E-state index is 12.9. The van der Waals surface area contributed by atoms with Gasteiger partial charge >= 0.3 is 5.97 Å². The number of hydrogen-bond acceptors (Lipinski definition) is 6. The van der Waals surface area contributed by atoms with Crippen LogP contribution in [0.25, 0.3) is 10.6 Å². The van der Waals surface area contributed by atoms with Crippen molar-refractivity contribution in [1.29, 1.82) is 0 Å². The minimum Gasteiger partial charge on any atom is -0.493 e. The van der Waals surface area contributed by atoms with E-state index in [-0.39, 0.29) is 18.4 Å². The Morgan fingerprint density at radius 2 is 1.93 bits per heavy atom. The third-order valence-corrected chi connectivity index (χ3v) is 6.03. The summed E-state index contributed by atoms with van der Waals surface area (Å²) in [5.41, 5.74) is 1.47. The molecule has 1 fully saturated rings. The number of carbonyl (C=O) groups is 2. The zero-order valence-corrected chi connectivity index (χ0v) is 16.5. The van der Waals surface area contributed by atoms with Gasteiger partial charge in [0.05, 0.1) is 25.8 Å². The van der Waals surface area contributed by atoms with Gasteiger partial charge < -0.3 is 19.5 Å². The van der Waals surface area contributed by atoms with Gasteiger partial charge in [0.1, 0.15) is 9.88 Å². The van der Waals surface area contributed by atoms with E-state index in [4.69, 9.17) is 9.47 Å². The fourth-order valence-corrected chi connectivity index (χ4v) is 4.32. The van der Waals surface area contributed by atoms with Crippen molar-refractivity contribution in [2.24, 2.45) is 11.8 Å². The number of carboxylic acid groups (broad SMARTS) is 1. The van der Waals surface area contributed by atoms with Crippen LogP contribution in [0.1, 0.15) is 22.3 Å². The summed E-state index contributed by atoms with van der Waals surface area (Å²) in [5, 5.41) is 9.99. The summed E-state index contributed by atoms with van der Waals surface area (Å²) in [6.45, 7) is 4.33. The van der Waals surface area contributed by atoms with Crippen LogP contribution in [0, 0.1) is 18.8 Å². The quantitative estimate of drug-likeness (QED) is 0.844. The van der Waals surface area contributed by atoms with Gasteiger partial charge in [-0.15, -0.1) is 11.3 Å². The predicted molar refractivity (Wildman–Crippen MR) is 102 cm³/mol. The summed E-state index contributed by atoms with van der Waals surface area (Å²) in [6, 6.07) is 5.49. The third kappa shape index (κ3) is 3.62. The van der Waals surface area contributed by atoms with Crippen LogP contribution < -0.4 is 9.47 Å². The van der Waals surface area contributed by atoms with Gasteiger partial charge in [-0.2, -0.15) is 0 Å². The lowest BCUT2D eigenvalue weighted by Crippen LogP contribution is -2.29. The van der Waals surface area contributed by atoms with E-state index >= 15 is 0 Å². The number of ether oxygens (including phenoxy) is 2. The van der Waals surface area contributed by atoms with Gasteiger partial charge in [0.2, 0.25) is 0 Å². The summed E-state index contributed by atoms with van der Waals surface area (Å²) in [5.74, 6) is -0.389. The van der Waals surface area contributed by atoms with Crippen molar-refractivity contribution >= 4 is 23.2 Å². The number of thiazole rings is 1. The van der Waals surface area contributed by atoms with Crippen molar-refractivity contribution in [1.82, 2.24) is 9.88 Å². The van der Waals surface area contributed by atoms with Gasteiger partial charge in [0.25, 0.3) is 5.91 Å². The molecule has 8 heteroatoms. The van der Waals surface area contributed by atoms with E-state index in [1.807, 2.05) is 19.1 Å². The molecule has 1 saturated heterocycles. The lowest BCUT2D eigenvalue weighted by Gasteiger charge is -2.14. The van der Waals surface area contributed by atoms with Crippen molar-refractivity contribution in [2.45, 2.75) is 13.8 Å². The summed E-state index contributed by atoms with van der Waals surface area (Å²) < 4.78 is 10.6. The molecule has 1 aromatic heterocycles. The van der Waals surface area contributed by atoms with Crippen molar-refractivity contribution in [2.75, 3.05) is 27.3 Å². The van der Waals surface area contributed by atoms with Gasteiger partial charge in [-0.1, -0.05) is 6.92 Å². The average Bonchev–Trinajstić information content (AvgIpc) is 3.23. The Hall–Kier alpha value is -2.61. The highest BCUT2D eigenvalue weighted by Gasteiger charge is 2.38. The second kappa shape index (κ2) is 7.56. The highest BCUT2D eigenvalue weighted by molar-refractivity contribution is 7.17. The number of aryl methyl sites for hydroxylation is 1. The van der Waals surface area contributed by atoms with Crippen molar-refractivity contribution < 1.29 is 24.2 Å². The van der Waals surface area contributed by atoms with E-state index in [2.05, 4.69) is 4.98 Å². The number of carboxylic acids is 1. The number of amides is 1. The minimum atomic E-state index is -0.857. The zero-order valence-electron chi connectivity index (χ0n) is 15.7. The van der Waals surface area contributed by atoms with E-state index in [0.29, 0.717) is 33.6 Å². The summed E-state index contributed by atoms with van der Waals surface area (Å²) in [7, 11) is 3.14. The standard InChI is InChI=1S/C19H22N2O5S/c1-10-8-21(9-13(10)19(23)24)18(22)16-11(2)20-17(27-16)12-5-6-14(25-3)15(7-12)26-4/h5-7,10,13H,8-9H2,1-4H3,(H,23,24)/t10-,13-/m1/s1. The lowest BCUT2D eigenvalue weighted by atomic mass is 9.99. The average molecular weight is 390 g/mol. The predicted octanol–water partition coefficient (Wildman–Crippen LogP) is 2.93. The van der Waals surface area contributed by atoms with Crippen LogP contribution in [0.15, 0.2) is 18.2 Å². The molecule has 1 aliphatic rings. The molecule has 27 heavy (non-hydrogen) atoms. The number of likely N-dealkylation sites (tertiary alicyclic amines) is 1. The largest absolute Gasteiger partial charge is 0.493 e. The molecule has 1 aliphatic heterocycles. The molecule has 1 N–H and O–H groups in total. The molecular weight excluding hydrogens is 368 g/mol. The highest BCUT2D eigenvalue weighted by Crippen LogP contribution is 2.36. The van der Waals surface area contributed by atoms with E-state index in [1.165, 1.54) is 11.3 Å². The van der Waals surface area contributed by atoms with Crippen LogP contribution >= 0.6 is 11.3 Å². The maximum atomic E-state index is 12.9. The number of methoxy groups -OCH3 is 2. The molecule has 2 heterocycles. The topological polar surface area (TPSA) is 89.0 Å². The maximum Gasteiger partial charge on any atom is 0.308 e. The smallest absolute Gasteiger partial charge is 0.308 e. The first kappa shape index (κ1) is 19.2. The number of rotatable bonds is 5. The number of benzene rings is 1. The Kier molecular flexibility index (Phi) is 5.36. The molecule has 0 radical (unpaired) electrons. The van der Waals surface area contributed by atoms with Gasteiger partial charge in [-0.05, 0) is 31.0 Å². The fourth-order valence-electron chi connectivity index (χ4n) is 3.29. The Labute approximate surface area is 161 Å². The van der Waals surface area contributed by atoms with E-state index in [9.17, 15) is 14.7 Å². The van der Waals surface area contributed by atoms with Crippen LogP contribution in [-0.4, -0.2) is 54.2 Å². The molecule has 3 rings (SSSR count). The normalized spacial score (nSPS) is 19.2. The van der Waals surface area contributed by atoms with Crippen molar-refractivity contribution in [3.63, 3.8) is 0 Å². The van der Waals surface area contributed by atoms with E-state index in [0.717, 1.165) is 5.56 Å². The van der Waals surface area contributed by atoms with Crippen LogP contribution in [0.4, 0.5) is 0 Å². The first-order valence-corrected chi connectivity index (χ1v) is 9.39. The Morgan fingerprint density at radius 1 is 1.22 bits per heavy atom. The van der Waals surface area contributed by atoms with Crippen LogP contribution in [0.5, 0.6) is 11.5 Å². The number of carbonyl (C=O) groups excluding carboxylic acids is 1. The Bertz CT molecular complexity index is 879. The van der Waals surface area contributed by atoms with Gasteiger partial charge in [-0.3, -0.25) is 9.59 Å². The molecule has 0 saturated carbocycles. The van der Waals surface area contributed by atoms with Gasteiger partial charge in [0, 0.05) is 18.7 Å². The first-order valence-electron chi connectivity index (χ1n) is 8.57. The first-order chi connectivity index (χ1) is 12.8. The molecule has 144 valence electrons. The molecular formula is C19H22N2O5S. The number of nitrogens with zero attached hydrogens (tertiary/aromatic N) is 2. The Morgan fingerprint density at radius 3 is 2.52 bits per heavy atom. The summed E-state index contributed by atoms with van der Waals surface area (Å²) in [6.07, 6.45) is 0. The van der Waals surface area contributed by atoms with Crippen LogP contribution in [0.2, 0.25) is 0 Å². The van der Waals surface area contributed by atoms with Gasteiger partial charge in [0.15, 0.2) is 11.5 Å². The lowest BCUT2D eigenvalue weighted by molar-refractivity contribution is -0.142. The van der Waals surface area contributed by atoms with E-state index in [1.54, 1.807) is 32.1 Å². The highest BCUT2D eigenvalue weighted by atomic mass is 32.1. The second-order valence-corrected chi connectivity index (χ2v) is 7.63. The molecule has 0 aliphatic carbocycles. The molecule has 1 aromatic carbocycles. The molecule has 1 amide bonds. The zero-order chi connectivity index (χ0) is 19.7. The van der Waals surface area contributed by atoms with Crippen LogP contribution in [-0.2, 0) is 4.79 Å². The van der Waals surface area contributed by atoms with E-state index < -0.39 is 11.9 Å². The fraction of sp³-hybridized carbons (Fsp3) is 0.421. The van der Waals surface area contributed by atoms with Gasteiger partial charge in [-0.25, -0.2) is 4.98 Å². The third-order valence-electron chi connectivity index (χ3n) is 4.84. The van der Waals surface area contributed by atoms with Crippen molar-refractivity contribution in [3.8, 4) is 22.1 Å².